The van der Waals surface area contributed by atoms with Gasteiger partial charge in [-0.05, 0) is 49.7 Å². The molecule has 11 nitrogen and oxygen atoms in total. The van der Waals surface area contributed by atoms with Crippen LogP contribution in [0.1, 0.15) is 76.1 Å². The van der Waals surface area contributed by atoms with E-state index < -0.39 is 40.2 Å². The average molecular weight is 514 g/mol. The first-order valence-corrected chi connectivity index (χ1v) is 12.6. The van der Waals surface area contributed by atoms with Crippen LogP contribution in [0.2, 0.25) is 0 Å². The van der Waals surface area contributed by atoms with Crippen molar-refractivity contribution in [3.8, 4) is 11.8 Å². The first kappa shape index (κ1) is 27.7. The van der Waals surface area contributed by atoms with Gasteiger partial charge in [0.05, 0.1) is 22.7 Å². The van der Waals surface area contributed by atoms with Gasteiger partial charge in [0.2, 0.25) is 11.8 Å². The smallest absolute Gasteiger partial charge is 0.331 e. The van der Waals surface area contributed by atoms with Crippen LogP contribution >= 0.6 is 0 Å². The van der Waals surface area contributed by atoms with Crippen LogP contribution in [-0.4, -0.2) is 34.3 Å². The normalized spacial score (nSPS) is 11.6. The Balaban J connectivity index is 2.26. The molecular formula is C26H35N5O6. The monoisotopic (exact) mass is 513 g/mol. The number of hydrogen-bond donors (Lipinski definition) is 4. The molecule has 0 unspecified atom stereocenters. The zero-order valence-corrected chi connectivity index (χ0v) is 21.7. The zero-order valence-electron chi connectivity index (χ0n) is 21.7. The Morgan fingerprint density at radius 3 is 1.62 bits per heavy atom. The standard InChI is InChI=1S/C26H35N5O6/c1-15(2)9-7-13-30-23(34)19(21(32)28-25(30)36)18(17-11-5-6-12-27-17)20-22(33)29-26(37)31(24(20)35)14-8-10-16(3)4/h5-6,11-12,15-16,18,34-35H,7-10,13-14H2,1-4H3,(H,28,32,36)(H,29,33,37). The molecule has 0 bridgehead atoms. The van der Waals surface area contributed by atoms with Gasteiger partial charge in [0, 0.05) is 19.3 Å². The Bertz CT molecular complexity index is 1360. The van der Waals surface area contributed by atoms with Crippen LogP contribution < -0.4 is 22.5 Å². The summed E-state index contributed by atoms with van der Waals surface area (Å²) in [5.74, 6) is -1.86. The fourth-order valence-electron chi connectivity index (χ4n) is 4.39. The maximum absolute atomic E-state index is 13.1. The molecule has 0 atom stereocenters. The van der Waals surface area contributed by atoms with Crippen LogP contribution in [0.3, 0.4) is 0 Å². The molecule has 0 saturated carbocycles. The summed E-state index contributed by atoms with van der Waals surface area (Å²) >= 11 is 0. The zero-order chi connectivity index (χ0) is 27.3. The average Bonchev–Trinajstić information content (AvgIpc) is 2.82. The van der Waals surface area contributed by atoms with Crippen molar-refractivity contribution in [3.05, 3.63) is 82.9 Å². The number of rotatable bonds is 11. The van der Waals surface area contributed by atoms with Crippen molar-refractivity contribution >= 4 is 0 Å². The Morgan fingerprint density at radius 2 is 1.24 bits per heavy atom. The molecule has 0 aliphatic carbocycles. The lowest BCUT2D eigenvalue weighted by molar-refractivity contribution is 0.371. The van der Waals surface area contributed by atoms with Crippen molar-refractivity contribution in [2.75, 3.05) is 0 Å². The van der Waals surface area contributed by atoms with E-state index in [2.05, 4.69) is 15.0 Å². The molecule has 3 aromatic heterocycles. The lowest BCUT2D eigenvalue weighted by Gasteiger charge is -2.21. The summed E-state index contributed by atoms with van der Waals surface area (Å²) in [4.78, 5) is 60.0. The Morgan fingerprint density at radius 1 is 0.784 bits per heavy atom. The van der Waals surface area contributed by atoms with E-state index in [1.165, 1.54) is 12.3 Å². The summed E-state index contributed by atoms with van der Waals surface area (Å²) in [5, 5.41) is 22.3. The third-order valence-electron chi connectivity index (χ3n) is 6.30. The van der Waals surface area contributed by atoms with Crippen LogP contribution in [0.25, 0.3) is 0 Å². The van der Waals surface area contributed by atoms with Crippen LogP contribution in [0.5, 0.6) is 11.8 Å². The van der Waals surface area contributed by atoms with E-state index in [4.69, 9.17) is 0 Å². The number of hydrogen-bond acceptors (Lipinski definition) is 7. The molecule has 3 rings (SSSR count). The summed E-state index contributed by atoms with van der Waals surface area (Å²) in [7, 11) is 0. The fourth-order valence-corrected chi connectivity index (χ4v) is 4.39. The predicted molar refractivity (Wildman–Crippen MR) is 139 cm³/mol. The molecule has 37 heavy (non-hydrogen) atoms. The van der Waals surface area contributed by atoms with Crippen molar-refractivity contribution < 1.29 is 10.2 Å². The molecule has 0 spiro atoms. The molecular weight excluding hydrogens is 478 g/mol. The van der Waals surface area contributed by atoms with Crippen LogP contribution in [-0.2, 0) is 13.1 Å². The van der Waals surface area contributed by atoms with Crippen molar-refractivity contribution in [1.82, 2.24) is 24.1 Å². The van der Waals surface area contributed by atoms with Crippen molar-refractivity contribution in [1.29, 1.82) is 0 Å². The molecule has 4 N–H and O–H groups in total. The van der Waals surface area contributed by atoms with Gasteiger partial charge in [-0.2, -0.15) is 0 Å². The van der Waals surface area contributed by atoms with Crippen LogP contribution in [0.15, 0.2) is 43.6 Å². The number of H-pyrrole nitrogens is 2. The second-order valence-corrected chi connectivity index (χ2v) is 10.1. The maximum Gasteiger partial charge on any atom is 0.331 e. The van der Waals surface area contributed by atoms with Gasteiger partial charge < -0.3 is 10.2 Å². The Kier molecular flexibility index (Phi) is 8.90. The van der Waals surface area contributed by atoms with Gasteiger partial charge >= 0.3 is 11.4 Å². The molecule has 3 heterocycles. The Labute approximate surface area is 213 Å². The minimum atomic E-state index is -1.36. The van der Waals surface area contributed by atoms with Gasteiger partial charge in [0.25, 0.3) is 11.1 Å². The van der Waals surface area contributed by atoms with E-state index in [0.717, 1.165) is 22.0 Å². The van der Waals surface area contributed by atoms with E-state index in [1.807, 2.05) is 27.7 Å². The highest BCUT2D eigenvalue weighted by atomic mass is 16.3. The minimum absolute atomic E-state index is 0.138. The topological polar surface area (TPSA) is 163 Å². The number of nitrogens with one attached hydrogen (secondary N) is 2. The molecule has 0 aliphatic rings. The number of aromatic amines is 2. The van der Waals surface area contributed by atoms with Gasteiger partial charge in [-0.1, -0.05) is 33.8 Å². The largest absolute Gasteiger partial charge is 0.494 e. The first-order valence-electron chi connectivity index (χ1n) is 12.6. The van der Waals surface area contributed by atoms with Gasteiger partial charge in [0.1, 0.15) is 0 Å². The van der Waals surface area contributed by atoms with Crippen LogP contribution in [0, 0.1) is 11.8 Å². The SMILES string of the molecule is CC(C)CCCn1c(O)c(C(c2ccccn2)c2c(O)n(CCCC(C)C)c(=O)[nH]c2=O)c(=O)[nH]c1=O. The molecule has 11 heteroatoms. The molecule has 0 amide bonds. The molecule has 0 aliphatic heterocycles. The van der Waals surface area contributed by atoms with E-state index in [0.29, 0.717) is 24.7 Å². The van der Waals surface area contributed by atoms with Gasteiger partial charge in [-0.3, -0.25) is 33.7 Å². The summed E-state index contributed by atoms with van der Waals surface area (Å²) in [6, 6.07) is 4.79. The number of pyridine rings is 1. The highest BCUT2D eigenvalue weighted by molar-refractivity contribution is 5.46. The molecule has 0 saturated heterocycles. The second-order valence-electron chi connectivity index (χ2n) is 10.1. The summed E-state index contributed by atoms with van der Waals surface area (Å²) in [6.07, 6.45) is 4.14. The van der Waals surface area contributed by atoms with Gasteiger partial charge in [-0.25, -0.2) is 9.59 Å². The van der Waals surface area contributed by atoms with Crippen LogP contribution in [0.4, 0.5) is 0 Å². The predicted octanol–water partition coefficient (Wildman–Crippen LogP) is 2.25. The third kappa shape index (κ3) is 6.28. The quantitative estimate of drug-likeness (QED) is 0.305. The first-order chi connectivity index (χ1) is 17.5. The lowest BCUT2D eigenvalue weighted by atomic mass is 9.90. The molecule has 3 aromatic rings. The minimum Gasteiger partial charge on any atom is -0.494 e. The maximum atomic E-state index is 13.1. The summed E-state index contributed by atoms with van der Waals surface area (Å²) in [6.45, 7) is 8.40. The van der Waals surface area contributed by atoms with Crippen molar-refractivity contribution in [2.45, 2.75) is 72.4 Å². The number of aromatic nitrogens is 5. The molecule has 0 fully saturated rings. The van der Waals surface area contributed by atoms with Gasteiger partial charge in [0.15, 0.2) is 0 Å². The van der Waals surface area contributed by atoms with Crippen molar-refractivity contribution in [3.63, 3.8) is 0 Å². The van der Waals surface area contributed by atoms with Crippen molar-refractivity contribution in [2.24, 2.45) is 11.8 Å². The molecule has 200 valence electrons. The van der Waals surface area contributed by atoms with E-state index in [9.17, 15) is 29.4 Å². The van der Waals surface area contributed by atoms with E-state index in [1.54, 1.807) is 12.1 Å². The van der Waals surface area contributed by atoms with E-state index in [-0.39, 0.29) is 29.9 Å². The molecule has 0 radical (unpaired) electrons. The number of nitrogens with zero attached hydrogens (tertiary/aromatic N) is 3. The highest BCUT2D eigenvalue weighted by Gasteiger charge is 2.33. The molecule has 0 aromatic carbocycles. The van der Waals surface area contributed by atoms with E-state index >= 15 is 0 Å². The Hall–Kier alpha value is -3.89. The number of aromatic hydroxyl groups is 2. The summed E-state index contributed by atoms with van der Waals surface area (Å²) < 4.78 is 2.08. The second kappa shape index (κ2) is 11.9. The lowest BCUT2D eigenvalue weighted by Crippen LogP contribution is -2.37. The third-order valence-corrected chi connectivity index (χ3v) is 6.30. The summed E-state index contributed by atoms with van der Waals surface area (Å²) in [5.41, 5.74) is -3.89. The fraction of sp³-hybridized carbons (Fsp3) is 0.500. The highest BCUT2D eigenvalue weighted by Crippen LogP contribution is 2.35. The van der Waals surface area contributed by atoms with Gasteiger partial charge in [-0.15, -0.1) is 0 Å².